The van der Waals surface area contributed by atoms with Crippen molar-refractivity contribution in [3.05, 3.63) is 112 Å². The molecule has 4 aromatic rings. The highest BCUT2D eigenvalue weighted by Gasteiger charge is 2.41. The van der Waals surface area contributed by atoms with E-state index in [9.17, 15) is 4.79 Å². The minimum atomic E-state index is -0.134. The molecule has 2 aromatic carbocycles. The van der Waals surface area contributed by atoms with Crippen LogP contribution in [0.1, 0.15) is 57.8 Å². The number of hydrogen-bond donors (Lipinski definition) is 2. The van der Waals surface area contributed by atoms with E-state index in [1.165, 1.54) is 22.4 Å². The molecule has 1 amide bonds. The molecule has 0 unspecified atom stereocenters. The highest BCUT2D eigenvalue weighted by atomic mass is 32.1. The Morgan fingerprint density at radius 2 is 1.72 bits per heavy atom. The van der Waals surface area contributed by atoms with Gasteiger partial charge < -0.3 is 20.1 Å². The normalized spacial score (nSPS) is 16.8. The van der Waals surface area contributed by atoms with E-state index in [2.05, 4.69) is 77.0 Å². The zero-order valence-corrected chi connectivity index (χ0v) is 24.0. The van der Waals surface area contributed by atoms with Gasteiger partial charge in [0.15, 0.2) is 5.11 Å². The van der Waals surface area contributed by atoms with Crippen molar-refractivity contribution in [1.82, 2.24) is 19.8 Å². The number of carbonyl (C=O) groups is 1. The van der Waals surface area contributed by atoms with Crippen molar-refractivity contribution >= 4 is 28.9 Å². The molecule has 1 aliphatic rings. The maximum Gasteiger partial charge on any atom is 0.226 e. The smallest absolute Gasteiger partial charge is 0.226 e. The fourth-order valence-corrected chi connectivity index (χ4v) is 6.07. The van der Waals surface area contributed by atoms with Crippen molar-refractivity contribution in [2.24, 2.45) is 0 Å². The van der Waals surface area contributed by atoms with Gasteiger partial charge in [-0.25, -0.2) is 0 Å². The number of amides is 1. The van der Waals surface area contributed by atoms with Crippen molar-refractivity contribution in [3.8, 4) is 5.69 Å². The Labute approximate surface area is 236 Å². The summed E-state index contributed by atoms with van der Waals surface area (Å²) in [5.41, 5.74) is 10.0. The number of aryl methyl sites for hydroxylation is 4. The van der Waals surface area contributed by atoms with E-state index in [1.54, 1.807) is 0 Å². The molecule has 2 N–H and O–H groups in total. The zero-order valence-electron chi connectivity index (χ0n) is 23.2. The lowest BCUT2D eigenvalue weighted by molar-refractivity contribution is -0.116. The summed E-state index contributed by atoms with van der Waals surface area (Å²) in [7, 11) is 0. The third-order valence-electron chi connectivity index (χ3n) is 7.53. The van der Waals surface area contributed by atoms with Crippen molar-refractivity contribution in [3.63, 3.8) is 0 Å². The molecule has 0 radical (unpaired) electrons. The van der Waals surface area contributed by atoms with Crippen LogP contribution in [0.3, 0.4) is 0 Å². The minimum Gasteiger partial charge on any atom is -0.352 e. The van der Waals surface area contributed by atoms with Crippen molar-refractivity contribution in [2.45, 2.75) is 53.1 Å². The molecule has 2 aromatic heterocycles. The number of aromatic nitrogens is 2. The van der Waals surface area contributed by atoms with Crippen LogP contribution >= 0.6 is 12.2 Å². The van der Waals surface area contributed by atoms with Crippen LogP contribution in [0.5, 0.6) is 0 Å². The molecule has 0 aliphatic carbocycles. The molecular weight excluding hydrogens is 502 g/mol. The van der Waals surface area contributed by atoms with Gasteiger partial charge in [0.05, 0.1) is 23.5 Å². The Morgan fingerprint density at radius 1 is 0.974 bits per heavy atom. The number of hydrogen-bond acceptors (Lipinski definition) is 3. The summed E-state index contributed by atoms with van der Waals surface area (Å²) in [5.74, 6) is -0.0376. The highest BCUT2D eigenvalue weighted by Crippen LogP contribution is 2.42. The lowest BCUT2D eigenvalue weighted by Gasteiger charge is -2.28. The van der Waals surface area contributed by atoms with Crippen LogP contribution in [0.15, 0.2) is 72.9 Å². The number of nitrogens with zero attached hydrogens (tertiary/aromatic N) is 3. The van der Waals surface area contributed by atoms with Gasteiger partial charge in [0.25, 0.3) is 0 Å². The van der Waals surface area contributed by atoms with Gasteiger partial charge in [-0.2, -0.15) is 0 Å². The summed E-state index contributed by atoms with van der Waals surface area (Å²) in [6.07, 6.45) is 2.13. The van der Waals surface area contributed by atoms with Gasteiger partial charge in [0.1, 0.15) is 0 Å². The van der Waals surface area contributed by atoms with E-state index >= 15 is 0 Å². The summed E-state index contributed by atoms with van der Waals surface area (Å²) in [6, 6.07) is 22.2. The molecule has 7 heteroatoms. The molecule has 0 bridgehead atoms. The van der Waals surface area contributed by atoms with E-state index in [4.69, 9.17) is 12.2 Å². The van der Waals surface area contributed by atoms with E-state index in [0.717, 1.165) is 28.3 Å². The summed E-state index contributed by atoms with van der Waals surface area (Å²) in [5, 5.41) is 7.19. The predicted molar refractivity (Wildman–Crippen MR) is 161 cm³/mol. The van der Waals surface area contributed by atoms with Gasteiger partial charge in [0.2, 0.25) is 5.91 Å². The van der Waals surface area contributed by atoms with Crippen LogP contribution in [0.25, 0.3) is 5.69 Å². The number of thiocarbonyl (C=S) groups is 1. The van der Waals surface area contributed by atoms with Gasteiger partial charge in [-0.3, -0.25) is 9.78 Å². The summed E-state index contributed by atoms with van der Waals surface area (Å²) in [6.45, 7) is 11.1. The Balaban J connectivity index is 1.50. The first kappa shape index (κ1) is 26.6. The molecule has 3 heterocycles. The topological polar surface area (TPSA) is 62.2 Å². The molecule has 1 saturated heterocycles. The van der Waals surface area contributed by atoms with E-state index in [0.29, 0.717) is 18.1 Å². The number of para-hydroxylation sites is 1. The number of carbonyl (C=O) groups excluding carboxylic acids is 1. The number of benzene rings is 2. The zero-order chi connectivity index (χ0) is 27.7. The lowest BCUT2D eigenvalue weighted by Crippen LogP contribution is -2.32. The van der Waals surface area contributed by atoms with E-state index in [1.807, 2.05) is 55.6 Å². The van der Waals surface area contributed by atoms with Crippen molar-refractivity contribution in [1.29, 1.82) is 0 Å². The molecule has 200 valence electrons. The van der Waals surface area contributed by atoms with E-state index < -0.39 is 0 Å². The quantitative estimate of drug-likeness (QED) is 0.267. The standard InChI is InChI=1S/C32H35N5OS/c1-20-10-8-13-25(18-20)34-28(38)15-17-36-31(29(35-32(36)39)27-14-6-7-16-33-27)26-19-23(4)37(24(26)5)30-21(2)11-9-12-22(30)3/h6-14,16,18-19,29,31H,15,17H2,1-5H3,(H,34,38)(H,35,39)/t29-,31+/m1/s1. The Kier molecular flexibility index (Phi) is 7.53. The molecule has 1 aliphatic heterocycles. The van der Waals surface area contributed by atoms with Gasteiger partial charge in [0, 0.05) is 36.2 Å². The lowest BCUT2D eigenvalue weighted by atomic mass is 9.96. The fraction of sp³-hybridized carbons (Fsp3) is 0.281. The average molecular weight is 538 g/mol. The second-order valence-corrected chi connectivity index (χ2v) is 10.8. The van der Waals surface area contributed by atoms with Crippen LogP contribution in [0.2, 0.25) is 0 Å². The number of pyridine rings is 1. The number of rotatable bonds is 7. The molecule has 1 fully saturated rings. The molecule has 0 saturated carbocycles. The first-order valence-electron chi connectivity index (χ1n) is 13.3. The van der Waals surface area contributed by atoms with Crippen LogP contribution in [-0.4, -0.2) is 32.0 Å². The van der Waals surface area contributed by atoms with Gasteiger partial charge in [-0.1, -0.05) is 36.4 Å². The molecule has 5 rings (SSSR count). The summed E-state index contributed by atoms with van der Waals surface area (Å²) in [4.78, 5) is 19.8. The van der Waals surface area contributed by atoms with Crippen LogP contribution in [0.4, 0.5) is 5.69 Å². The van der Waals surface area contributed by atoms with Crippen molar-refractivity contribution < 1.29 is 4.79 Å². The second-order valence-electron chi connectivity index (χ2n) is 10.4. The molecule has 0 spiro atoms. The SMILES string of the molecule is Cc1cccc(NC(=O)CCN2C(=S)N[C@H](c3ccccn3)[C@@H]2c2cc(C)n(-c3c(C)cccc3C)c2C)c1. The van der Waals surface area contributed by atoms with E-state index in [-0.39, 0.29) is 18.0 Å². The van der Waals surface area contributed by atoms with Gasteiger partial charge in [-0.15, -0.1) is 0 Å². The highest BCUT2D eigenvalue weighted by molar-refractivity contribution is 7.80. The van der Waals surface area contributed by atoms with Crippen molar-refractivity contribution in [2.75, 3.05) is 11.9 Å². The van der Waals surface area contributed by atoms with Crippen LogP contribution < -0.4 is 10.6 Å². The molecule has 6 nitrogen and oxygen atoms in total. The predicted octanol–water partition coefficient (Wildman–Crippen LogP) is 6.42. The molecule has 39 heavy (non-hydrogen) atoms. The maximum atomic E-state index is 12.9. The second kappa shape index (κ2) is 11.0. The van der Waals surface area contributed by atoms with Crippen LogP contribution in [0, 0.1) is 34.6 Å². The average Bonchev–Trinajstić information content (AvgIpc) is 3.38. The van der Waals surface area contributed by atoms with Crippen LogP contribution in [-0.2, 0) is 4.79 Å². The molecular formula is C32H35N5OS. The first-order chi connectivity index (χ1) is 18.7. The van der Waals surface area contributed by atoms with Gasteiger partial charge in [-0.05, 0) is 99.4 Å². The fourth-order valence-electron chi connectivity index (χ4n) is 5.74. The maximum absolute atomic E-state index is 12.9. The Morgan fingerprint density at radius 3 is 2.41 bits per heavy atom. The summed E-state index contributed by atoms with van der Waals surface area (Å²) < 4.78 is 2.35. The molecule has 2 atom stereocenters. The minimum absolute atomic E-state index is 0.0376. The largest absolute Gasteiger partial charge is 0.352 e. The monoisotopic (exact) mass is 537 g/mol. The van der Waals surface area contributed by atoms with Gasteiger partial charge >= 0.3 is 0 Å². The number of nitrogens with one attached hydrogen (secondary N) is 2. The third kappa shape index (κ3) is 5.32. The Hall–Kier alpha value is -3.97. The summed E-state index contributed by atoms with van der Waals surface area (Å²) >= 11 is 5.86. The number of anilines is 1. The third-order valence-corrected chi connectivity index (χ3v) is 7.88. The Bertz CT molecular complexity index is 1510. The first-order valence-corrected chi connectivity index (χ1v) is 13.8.